The molecule has 0 amide bonds. The summed E-state index contributed by atoms with van der Waals surface area (Å²) in [5.74, 6) is 0.366. The monoisotopic (exact) mass is 308 g/mol. The molecule has 0 saturated heterocycles. The Bertz CT molecular complexity index is 589. The second kappa shape index (κ2) is 7.38. The van der Waals surface area contributed by atoms with E-state index in [1.807, 2.05) is 12.1 Å². The summed E-state index contributed by atoms with van der Waals surface area (Å²) in [5, 5.41) is 4.02. The quantitative estimate of drug-likeness (QED) is 0.876. The van der Waals surface area contributed by atoms with E-state index in [2.05, 4.69) is 17.2 Å². The van der Waals surface area contributed by atoms with Crippen molar-refractivity contribution in [2.75, 3.05) is 13.7 Å². The minimum atomic E-state index is -0.356. The summed E-state index contributed by atoms with van der Waals surface area (Å²) in [7, 11) is 1.61. The van der Waals surface area contributed by atoms with Gasteiger partial charge >= 0.3 is 0 Å². The van der Waals surface area contributed by atoms with Crippen molar-refractivity contribution in [1.82, 2.24) is 10.3 Å². The van der Waals surface area contributed by atoms with Gasteiger partial charge in [0.2, 0.25) is 0 Å². The zero-order valence-corrected chi connectivity index (χ0v) is 12.8. The average Bonchev–Trinajstić information content (AvgIpc) is 2.49. The van der Waals surface area contributed by atoms with Crippen LogP contribution in [0.15, 0.2) is 36.5 Å². The molecule has 1 unspecified atom stereocenters. The zero-order valence-electron chi connectivity index (χ0n) is 12.1. The molecule has 0 saturated carbocycles. The van der Waals surface area contributed by atoms with Gasteiger partial charge in [-0.15, -0.1) is 0 Å². The third-order valence-corrected chi connectivity index (χ3v) is 3.38. The Hall–Kier alpha value is -1.65. The topological polar surface area (TPSA) is 34.2 Å². The molecule has 1 N–H and O–H groups in total. The predicted molar refractivity (Wildman–Crippen MR) is 82.3 cm³/mol. The molecule has 0 aliphatic carbocycles. The van der Waals surface area contributed by atoms with E-state index >= 15 is 0 Å². The standard InChI is InChI=1S/C16H18ClFN2O/c1-3-8-19-16(14-6-5-12(18)10-20-14)13-9-11(17)4-7-15(13)21-2/h4-7,9-10,16,19H,3,8H2,1-2H3. The van der Waals surface area contributed by atoms with Crippen molar-refractivity contribution in [2.24, 2.45) is 0 Å². The molecule has 112 valence electrons. The largest absolute Gasteiger partial charge is 0.496 e. The van der Waals surface area contributed by atoms with Crippen LogP contribution in [0.25, 0.3) is 0 Å². The molecule has 3 nitrogen and oxygen atoms in total. The Morgan fingerprint density at radius 2 is 2.14 bits per heavy atom. The lowest BCUT2D eigenvalue weighted by Crippen LogP contribution is -2.24. The first kappa shape index (κ1) is 15.7. The van der Waals surface area contributed by atoms with E-state index in [1.165, 1.54) is 12.3 Å². The molecule has 5 heteroatoms. The van der Waals surface area contributed by atoms with E-state index < -0.39 is 0 Å². The highest BCUT2D eigenvalue weighted by Crippen LogP contribution is 2.31. The molecule has 0 aliphatic rings. The highest BCUT2D eigenvalue weighted by molar-refractivity contribution is 6.30. The van der Waals surface area contributed by atoms with Crippen molar-refractivity contribution in [3.05, 3.63) is 58.6 Å². The van der Waals surface area contributed by atoms with Crippen LogP contribution in [0.2, 0.25) is 5.02 Å². The van der Waals surface area contributed by atoms with Crippen molar-refractivity contribution in [3.8, 4) is 5.75 Å². The molecule has 1 heterocycles. The fourth-order valence-corrected chi connectivity index (χ4v) is 2.33. The Kier molecular flexibility index (Phi) is 5.53. The van der Waals surface area contributed by atoms with E-state index in [1.54, 1.807) is 19.2 Å². The van der Waals surface area contributed by atoms with Crippen molar-refractivity contribution < 1.29 is 9.13 Å². The molecule has 1 aromatic heterocycles. The number of nitrogens with one attached hydrogen (secondary N) is 1. The summed E-state index contributed by atoms with van der Waals surface area (Å²) in [6, 6.07) is 8.32. The Morgan fingerprint density at radius 1 is 1.33 bits per heavy atom. The van der Waals surface area contributed by atoms with Gasteiger partial charge in [-0.05, 0) is 43.3 Å². The van der Waals surface area contributed by atoms with Crippen LogP contribution in [0.5, 0.6) is 5.75 Å². The van der Waals surface area contributed by atoms with Gasteiger partial charge in [-0.3, -0.25) is 4.98 Å². The number of methoxy groups -OCH3 is 1. The molecule has 0 aliphatic heterocycles. The second-order valence-corrected chi connectivity index (χ2v) is 5.11. The van der Waals surface area contributed by atoms with Gasteiger partial charge in [0, 0.05) is 10.6 Å². The SMILES string of the molecule is CCCNC(c1ccc(F)cn1)c1cc(Cl)ccc1OC. The maximum absolute atomic E-state index is 13.1. The first-order valence-electron chi connectivity index (χ1n) is 6.84. The number of rotatable bonds is 6. The number of aromatic nitrogens is 1. The van der Waals surface area contributed by atoms with Crippen molar-refractivity contribution in [3.63, 3.8) is 0 Å². The van der Waals surface area contributed by atoms with Crippen molar-refractivity contribution in [2.45, 2.75) is 19.4 Å². The van der Waals surface area contributed by atoms with Crippen molar-refractivity contribution in [1.29, 1.82) is 0 Å². The third kappa shape index (κ3) is 3.93. The molecule has 21 heavy (non-hydrogen) atoms. The van der Waals surface area contributed by atoms with Crippen LogP contribution in [-0.2, 0) is 0 Å². The van der Waals surface area contributed by atoms with E-state index in [-0.39, 0.29) is 11.9 Å². The molecule has 0 bridgehead atoms. The van der Waals surface area contributed by atoms with Crippen LogP contribution in [-0.4, -0.2) is 18.6 Å². The molecule has 0 spiro atoms. The number of ether oxygens (including phenoxy) is 1. The summed E-state index contributed by atoms with van der Waals surface area (Å²) >= 11 is 6.10. The van der Waals surface area contributed by atoms with Gasteiger partial charge in [-0.2, -0.15) is 0 Å². The Morgan fingerprint density at radius 3 is 2.76 bits per heavy atom. The van der Waals surface area contributed by atoms with Crippen LogP contribution in [0.4, 0.5) is 4.39 Å². The van der Waals surface area contributed by atoms with E-state index in [9.17, 15) is 4.39 Å². The lowest BCUT2D eigenvalue weighted by Gasteiger charge is -2.21. The fraction of sp³-hybridized carbons (Fsp3) is 0.312. The van der Waals surface area contributed by atoms with Crippen LogP contribution >= 0.6 is 11.6 Å². The minimum Gasteiger partial charge on any atom is -0.496 e. The van der Waals surface area contributed by atoms with Gasteiger partial charge in [-0.25, -0.2) is 4.39 Å². The normalized spacial score (nSPS) is 12.2. The molecule has 0 radical (unpaired) electrons. The zero-order chi connectivity index (χ0) is 15.2. The highest BCUT2D eigenvalue weighted by Gasteiger charge is 2.19. The minimum absolute atomic E-state index is 0.195. The second-order valence-electron chi connectivity index (χ2n) is 4.67. The predicted octanol–water partition coefficient (Wildman–Crippen LogP) is 3.97. The van der Waals surface area contributed by atoms with Crippen molar-refractivity contribution >= 4 is 11.6 Å². The Balaban J connectivity index is 2.44. The molecule has 2 aromatic rings. The fourth-order valence-electron chi connectivity index (χ4n) is 2.15. The van der Waals surface area contributed by atoms with E-state index in [0.717, 1.165) is 30.0 Å². The summed E-state index contributed by atoms with van der Waals surface area (Å²) in [5.41, 5.74) is 1.61. The van der Waals surface area contributed by atoms with Gasteiger partial charge < -0.3 is 10.1 Å². The highest BCUT2D eigenvalue weighted by atomic mass is 35.5. The van der Waals surface area contributed by atoms with Crippen LogP contribution in [0.1, 0.15) is 30.6 Å². The number of pyridine rings is 1. The number of nitrogens with zero attached hydrogens (tertiary/aromatic N) is 1. The maximum atomic E-state index is 13.1. The first-order valence-corrected chi connectivity index (χ1v) is 7.21. The lowest BCUT2D eigenvalue weighted by molar-refractivity contribution is 0.403. The number of benzene rings is 1. The summed E-state index contributed by atoms with van der Waals surface area (Å²) in [4.78, 5) is 4.18. The number of hydrogen-bond acceptors (Lipinski definition) is 3. The maximum Gasteiger partial charge on any atom is 0.141 e. The summed E-state index contributed by atoms with van der Waals surface area (Å²) < 4.78 is 18.5. The van der Waals surface area contributed by atoms with E-state index in [4.69, 9.17) is 16.3 Å². The first-order chi connectivity index (χ1) is 10.2. The van der Waals surface area contributed by atoms with Crippen LogP contribution < -0.4 is 10.1 Å². The number of halogens is 2. The molecular formula is C16H18ClFN2O. The van der Waals surface area contributed by atoms with Crippen LogP contribution in [0.3, 0.4) is 0 Å². The van der Waals surface area contributed by atoms with Gasteiger partial charge in [0.25, 0.3) is 0 Å². The smallest absolute Gasteiger partial charge is 0.141 e. The molecule has 1 aromatic carbocycles. The molecule has 1 atom stereocenters. The molecular weight excluding hydrogens is 291 g/mol. The van der Waals surface area contributed by atoms with Crippen LogP contribution in [0, 0.1) is 5.82 Å². The van der Waals surface area contributed by atoms with Gasteiger partial charge in [0.1, 0.15) is 11.6 Å². The van der Waals surface area contributed by atoms with Gasteiger partial charge in [-0.1, -0.05) is 18.5 Å². The average molecular weight is 309 g/mol. The molecule has 2 rings (SSSR count). The number of hydrogen-bond donors (Lipinski definition) is 1. The van der Waals surface area contributed by atoms with Gasteiger partial charge in [0.05, 0.1) is 25.0 Å². The Labute approximate surface area is 129 Å². The lowest BCUT2D eigenvalue weighted by atomic mass is 10.0. The molecule has 0 fully saturated rings. The summed E-state index contributed by atoms with van der Waals surface area (Å²) in [6.45, 7) is 2.89. The van der Waals surface area contributed by atoms with E-state index in [0.29, 0.717) is 5.02 Å². The van der Waals surface area contributed by atoms with Gasteiger partial charge in [0.15, 0.2) is 0 Å². The third-order valence-electron chi connectivity index (χ3n) is 3.15. The summed E-state index contributed by atoms with van der Waals surface area (Å²) in [6.07, 6.45) is 2.19.